The van der Waals surface area contributed by atoms with Crippen LogP contribution in [0.25, 0.3) is 11.2 Å². The van der Waals surface area contributed by atoms with E-state index in [1.165, 1.54) is 19.9 Å². The number of aromatic nitrogens is 4. The lowest BCUT2D eigenvalue weighted by molar-refractivity contribution is -0.137. The third-order valence-electron chi connectivity index (χ3n) is 8.34. The number of aliphatic hydroxyl groups is 3. The van der Waals surface area contributed by atoms with E-state index < -0.39 is 84.6 Å². The number of nitrogen functional groups attached to an aromatic ring is 1. The Hall–Kier alpha value is -3.42. The number of aliphatic hydroxyl groups excluding tert-OH is 3. The molecule has 2 aromatic rings. The van der Waals surface area contributed by atoms with Gasteiger partial charge in [-0.25, -0.2) is 28.6 Å². The molecule has 3 heterocycles. The van der Waals surface area contributed by atoms with E-state index in [1.54, 1.807) is 24.3 Å². The fraction of sp³-hybridized carbons (Fsp3) is 0.533. The average Bonchev–Trinajstić information content (AvgIpc) is 3.71. The third-order valence-corrected chi connectivity index (χ3v) is 12.3. The van der Waals surface area contributed by atoms with Crippen LogP contribution >= 0.6 is 35.2 Å². The van der Waals surface area contributed by atoms with Gasteiger partial charge in [0, 0.05) is 30.7 Å². The number of rotatable bonds is 21. The minimum Gasteiger partial charge on any atom is -0.508 e. The van der Waals surface area contributed by atoms with E-state index in [4.69, 9.17) is 19.5 Å². The summed E-state index contributed by atoms with van der Waals surface area (Å²) in [5.74, 6) is -1.07. The molecule has 1 saturated heterocycles. The number of nitrogens with one attached hydrogen (secondary N) is 2. The maximum absolute atomic E-state index is 12.7. The quantitative estimate of drug-likeness (QED) is 0.0455. The first-order valence-electron chi connectivity index (χ1n) is 17.3. The summed E-state index contributed by atoms with van der Waals surface area (Å²) in [6, 6.07) is 0. The third kappa shape index (κ3) is 14.6. The van der Waals surface area contributed by atoms with Crippen molar-refractivity contribution in [3.63, 3.8) is 0 Å². The van der Waals surface area contributed by atoms with Crippen LogP contribution in [0.4, 0.5) is 5.82 Å². The number of thioether (sulfide) groups is 1. The van der Waals surface area contributed by atoms with Gasteiger partial charge in [0.2, 0.25) is 16.9 Å². The zero-order valence-electron chi connectivity index (χ0n) is 31.2. The highest BCUT2D eigenvalue weighted by atomic mass is 32.2. The molecule has 0 bridgehead atoms. The van der Waals surface area contributed by atoms with Gasteiger partial charge in [-0.15, -0.1) is 0 Å². The standard InChI is InChI=1S/C30H44N7O18P3S/c1-30(2,25(42)28(43)33-10-9-20(39)32-11-12-59-21(40)8-5-17-3-6-18(38)7-4-17)14-52-58(49,50)55-57(47,48)51-13-19-24(54-56(44,45)46)23(41)29(53-19)37-16-36-22-26(31)34-15-35-27(22)37/h3,5-8,15-17,19,23-25,29,38,41-42H,4,9-14H2,1-2H3,(H,32,39)(H,33,43)(H,47,48)(H,49,50)(H2,31,34,35)(H2,44,45,46)/b8-5+/t17?,19-,23-,24-,25+,29-/m1/s1. The number of phosphoric ester groups is 3. The Morgan fingerprint density at radius 3 is 2.49 bits per heavy atom. The first kappa shape index (κ1) is 48.2. The van der Waals surface area contributed by atoms with Gasteiger partial charge in [-0.1, -0.05) is 37.8 Å². The monoisotopic (exact) mass is 915 g/mol. The number of carbonyl (C=O) groups excluding carboxylic acids is 3. The molecular formula is C30H44N7O18P3S. The Morgan fingerprint density at radius 1 is 1.10 bits per heavy atom. The molecule has 0 aromatic carbocycles. The molecule has 328 valence electrons. The molecule has 1 aliphatic carbocycles. The van der Waals surface area contributed by atoms with Crippen LogP contribution in [0.1, 0.15) is 32.9 Å². The van der Waals surface area contributed by atoms with Crippen molar-refractivity contribution in [2.24, 2.45) is 11.3 Å². The lowest BCUT2D eigenvalue weighted by atomic mass is 9.87. The number of nitrogens with two attached hydrogens (primary N) is 1. The molecule has 3 unspecified atom stereocenters. The van der Waals surface area contributed by atoms with Gasteiger partial charge in [-0.05, 0) is 30.6 Å². The predicted molar refractivity (Wildman–Crippen MR) is 204 cm³/mol. The van der Waals surface area contributed by atoms with Gasteiger partial charge < -0.3 is 56.0 Å². The highest BCUT2D eigenvalue weighted by Gasteiger charge is 2.50. The van der Waals surface area contributed by atoms with E-state index in [-0.39, 0.29) is 59.0 Å². The van der Waals surface area contributed by atoms with Crippen molar-refractivity contribution in [1.29, 1.82) is 0 Å². The summed E-state index contributed by atoms with van der Waals surface area (Å²) in [5.41, 5.74) is 4.24. The number of imidazole rings is 1. The SMILES string of the molecule is CC(C)(COP(=O)(O)OP(=O)(O)OC[C@H]1O[C@@H](n2cnc3c(N)ncnc32)[C@H](O)[C@@H]1OP(=O)(O)O)[C@@H](O)C(=O)NCCC(=O)NCCSC(=O)/C=C/C1C=CC(O)=CC1. The van der Waals surface area contributed by atoms with E-state index in [0.29, 0.717) is 6.42 Å². The molecule has 2 aromatic heterocycles. The van der Waals surface area contributed by atoms with Crippen LogP contribution in [0.2, 0.25) is 0 Å². The molecule has 0 radical (unpaired) electrons. The number of phosphoric acid groups is 3. The molecule has 2 amide bonds. The largest absolute Gasteiger partial charge is 0.508 e. The Balaban J connectivity index is 1.20. The van der Waals surface area contributed by atoms with Gasteiger partial charge in [0.15, 0.2) is 17.7 Å². The van der Waals surface area contributed by atoms with Crippen molar-refractivity contribution >= 4 is 69.1 Å². The molecule has 1 aliphatic heterocycles. The van der Waals surface area contributed by atoms with Gasteiger partial charge in [-0.2, -0.15) is 4.31 Å². The molecule has 25 nitrogen and oxygen atoms in total. The summed E-state index contributed by atoms with van der Waals surface area (Å²) in [6.07, 6.45) is 1.65. The second kappa shape index (κ2) is 20.4. The van der Waals surface area contributed by atoms with E-state index in [0.717, 1.165) is 29.0 Å². The summed E-state index contributed by atoms with van der Waals surface area (Å²) in [4.78, 5) is 87.8. The lowest BCUT2D eigenvalue weighted by Crippen LogP contribution is -2.46. The summed E-state index contributed by atoms with van der Waals surface area (Å²) in [7, 11) is -16.4. The van der Waals surface area contributed by atoms with Crippen molar-refractivity contribution in [2.75, 3.05) is 37.8 Å². The molecule has 59 heavy (non-hydrogen) atoms. The van der Waals surface area contributed by atoms with Crippen LogP contribution in [0.5, 0.6) is 0 Å². The topological polar surface area (TPSA) is 384 Å². The van der Waals surface area contributed by atoms with E-state index in [1.807, 2.05) is 0 Å². The number of nitrogens with zero attached hydrogens (tertiary/aromatic N) is 4. The molecule has 1 fully saturated rings. The molecular weight excluding hydrogens is 871 g/mol. The van der Waals surface area contributed by atoms with Gasteiger partial charge in [-0.3, -0.25) is 32.5 Å². The van der Waals surface area contributed by atoms with E-state index in [9.17, 15) is 63.0 Å². The number of amides is 2. The number of ether oxygens (including phenoxy) is 1. The Bertz CT molecular complexity index is 2080. The molecule has 0 saturated carbocycles. The first-order valence-corrected chi connectivity index (χ1v) is 22.8. The summed E-state index contributed by atoms with van der Waals surface area (Å²) in [6.45, 7) is 0.377. The number of hydrogen-bond donors (Lipinski definition) is 10. The molecule has 8 atom stereocenters. The Labute approximate surface area is 339 Å². The van der Waals surface area contributed by atoms with Crippen molar-refractivity contribution in [2.45, 2.75) is 57.3 Å². The van der Waals surface area contributed by atoms with Crippen molar-refractivity contribution in [3.8, 4) is 0 Å². The number of anilines is 1. The maximum Gasteiger partial charge on any atom is 0.481 e. The van der Waals surface area contributed by atoms with Gasteiger partial charge in [0.05, 0.1) is 19.5 Å². The number of hydrogen-bond acceptors (Lipinski definition) is 19. The highest BCUT2D eigenvalue weighted by Crippen LogP contribution is 2.61. The second-order valence-corrected chi connectivity index (χ2v) is 18.8. The molecule has 2 aliphatic rings. The fourth-order valence-corrected chi connectivity index (χ4v) is 8.71. The van der Waals surface area contributed by atoms with Crippen molar-refractivity contribution in [1.82, 2.24) is 30.2 Å². The second-order valence-electron chi connectivity index (χ2n) is 13.5. The van der Waals surface area contributed by atoms with Crippen LogP contribution in [0.3, 0.4) is 0 Å². The summed E-state index contributed by atoms with van der Waals surface area (Å²) < 4.78 is 62.1. The van der Waals surface area contributed by atoms with Gasteiger partial charge in [0.1, 0.15) is 42.0 Å². The molecule has 11 N–H and O–H groups in total. The normalized spacial score (nSPS) is 23.7. The van der Waals surface area contributed by atoms with Crippen molar-refractivity contribution < 1.29 is 85.6 Å². The van der Waals surface area contributed by atoms with Crippen LogP contribution in [-0.4, -0.2) is 128 Å². The van der Waals surface area contributed by atoms with E-state index in [2.05, 4.69) is 34.4 Å². The minimum atomic E-state index is -5.58. The van der Waals surface area contributed by atoms with Crippen LogP contribution in [0, 0.1) is 11.3 Å². The average molecular weight is 916 g/mol. The smallest absolute Gasteiger partial charge is 0.481 e. The molecule has 29 heteroatoms. The summed E-state index contributed by atoms with van der Waals surface area (Å²) >= 11 is 0.984. The van der Waals surface area contributed by atoms with Crippen LogP contribution in [-0.2, 0) is 50.7 Å². The zero-order valence-corrected chi connectivity index (χ0v) is 34.7. The lowest BCUT2D eigenvalue weighted by Gasteiger charge is -2.30. The maximum atomic E-state index is 12.7. The Morgan fingerprint density at radius 2 is 1.81 bits per heavy atom. The zero-order chi connectivity index (χ0) is 43.8. The minimum absolute atomic E-state index is 0.00902. The highest BCUT2D eigenvalue weighted by molar-refractivity contribution is 8.14. The van der Waals surface area contributed by atoms with Crippen molar-refractivity contribution in [3.05, 3.63) is 48.8 Å². The molecule has 4 rings (SSSR count). The first-order chi connectivity index (χ1) is 27.5. The van der Waals surface area contributed by atoms with E-state index >= 15 is 0 Å². The van der Waals surface area contributed by atoms with Gasteiger partial charge in [0.25, 0.3) is 0 Å². The fourth-order valence-electron chi connectivity index (χ4n) is 5.30. The predicted octanol–water partition coefficient (Wildman–Crippen LogP) is 0.239. The van der Waals surface area contributed by atoms with Crippen LogP contribution in [0.15, 0.2) is 48.8 Å². The Kier molecular flexibility index (Phi) is 16.7. The molecule has 0 spiro atoms. The number of carbonyl (C=O) groups is 3. The van der Waals surface area contributed by atoms with Crippen LogP contribution < -0.4 is 16.4 Å². The number of fused-ring (bicyclic) bond motifs is 1. The summed E-state index contributed by atoms with van der Waals surface area (Å²) in [5, 5.41) is 35.5. The number of allylic oxidation sites excluding steroid dienone is 4. The van der Waals surface area contributed by atoms with Gasteiger partial charge >= 0.3 is 23.5 Å².